The number of hydrogen-bond acceptors (Lipinski definition) is 16. The number of aromatic nitrogens is 1. The molecule has 0 saturated heterocycles. The van der Waals surface area contributed by atoms with Gasteiger partial charge in [-0.3, -0.25) is 14.6 Å². The van der Waals surface area contributed by atoms with Gasteiger partial charge < -0.3 is 71.3 Å². The van der Waals surface area contributed by atoms with Gasteiger partial charge >= 0.3 is 5.97 Å². The first-order valence-corrected chi connectivity index (χ1v) is 20.9. The van der Waals surface area contributed by atoms with Crippen molar-refractivity contribution in [1.82, 2.24) is 4.98 Å². The van der Waals surface area contributed by atoms with Crippen LogP contribution in [0.25, 0.3) is 10.9 Å². The van der Waals surface area contributed by atoms with Crippen molar-refractivity contribution in [2.75, 3.05) is 77.6 Å². The fraction of sp³-hybridized carbons (Fsp3) is 0.511. The van der Waals surface area contributed by atoms with Gasteiger partial charge in [-0.25, -0.2) is 0 Å². The number of aromatic hydroxyl groups is 1. The fourth-order valence-electron chi connectivity index (χ4n) is 3.33. The average molecular weight is 1110 g/mol. The van der Waals surface area contributed by atoms with Crippen molar-refractivity contribution in [2.24, 2.45) is 0 Å². The average Bonchev–Trinajstić information content (AvgIpc) is 3.23. The van der Waals surface area contributed by atoms with Crippen molar-refractivity contribution >= 4 is 39.7 Å². The van der Waals surface area contributed by atoms with Crippen molar-refractivity contribution < 1.29 is 118 Å². The van der Waals surface area contributed by atoms with Gasteiger partial charge in [-0.15, -0.1) is 0 Å². The maximum absolute atomic E-state index is 10.4. The molecule has 17 nitrogen and oxygen atoms in total. The zero-order valence-electron chi connectivity index (χ0n) is 41.5. The summed E-state index contributed by atoms with van der Waals surface area (Å²) < 4.78 is 4.49. The molecule has 0 saturated carbocycles. The molecule has 0 spiro atoms. The number of anilines is 3. The number of hydrogen-bond donors (Lipinski definition) is 11. The maximum atomic E-state index is 10.4. The number of para-hydroxylation sites is 2. The van der Waals surface area contributed by atoms with Gasteiger partial charge in [-0.1, -0.05) is 36.4 Å². The Labute approximate surface area is 424 Å². The number of rotatable bonds is 6. The minimum absolute atomic E-state index is 0. The van der Waals surface area contributed by atoms with E-state index in [1.807, 2.05) is 54.6 Å². The molecule has 0 atom stereocenters. The van der Waals surface area contributed by atoms with E-state index in [1.165, 1.54) is 6.92 Å². The Bertz CT molecular complexity index is 1350. The Morgan fingerprint density at radius 2 is 0.803 bits per heavy atom. The SMILES string of the molecule is CCO.CCO.CCO.CCO.CCO.CCO.CCO.CCO.CCO.CCO.CCOC(=O)CC(C)=O.O.Oc1ccc(N(c2ccccc2)c2ccccc2)c2cccnc12.[Mo].[Mo]. The number of carbonyl (C=O) groups is 2. The zero-order chi connectivity index (χ0) is 50.7. The molecule has 4 aromatic rings. The van der Waals surface area contributed by atoms with E-state index in [4.69, 9.17) is 51.1 Å². The number of esters is 1. The number of pyridine rings is 1. The molecule has 3 aromatic carbocycles. The molecule has 1 heterocycles. The van der Waals surface area contributed by atoms with Gasteiger partial charge in [0.05, 0.1) is 12.3 Å². The summed E-state index contributed by atoms with van der Waals surface area (Å²) in [7, 11) is 0. The minimum Gasteiger partial charge on any atom is -0.506 e. The third kappa shape index (κ3) is 69.8. The van der Waals surface area contributed by atoms with Crippen molar-refractivity contribution in [2.45, 2.75) is 89.5 Å². The van der Waals surface area contributed by atoms with Crippen molar-refractivity contribution in [3.63, 3.8) is 0 Å². The summed E-state index contributed by atoms with van der Waals surface area (Å²) in [6.07, 6.45) is 1.59. The first-order valence-electron chi connectivity index (χ1n) is 20.9. The molecule has 0 radical (unpaired) electrons. The summed E-state index contributed by atoms with van der Waals surface area (Å²) in [6.45, 7) is 22.7. The van der Waals surface area contributed by atoms with E-state index in [2.05, 4.69) is 38.9 Å². The van der Waals surface area contributed by atoms with Crippen LogP contribution in [-0.4, -0.2) is 151 Å². The largest absolute Gasteiger partial charge is 0.506 e. The standard InChI is InChI=1S/C21H16N2O.C6H10O3.10C2H6O.2Mo.H2O/c24-20-14-13-19(18-12-7-15-22-21(18)20)23(16-8-3-1-4-9-16)17-10-5-2-6-11-17;1-3-9-6(8)4-5(2)7;10*1-2-3;;;/h1-15,24H;3-4H2,1-2H3;10*3H,2H2,1H3;;;1H2. The Hall–Kier alpha value is -3.25. The van der Waals surface area contributed by atoms with Crippen LogP contribution < -0.4 is 4.90 Å². The van der Waals surface area contributed by atoms with Gasteiger partial charge in [-0.2, -0.15) is 0 Å². The first kappa shape index (κ1) is 89.3. The predicted molar refractivity (Wildman–Crippen MR) is 261 cm³/mol. The number of phenols is 1. The van der Waals surface area contributed by atoms with E-state index in [0.29, 0.717) is 12.1 Å². The third-order valence-electron chi connectivity index (χ3n) is 4.69. The maximum Gasteiger partial charge on any atom is 0.313 e. The summed E-state index contributed by atoms with van der Waals surface area (Å²) >= 11 is 0. The second kappa shape index (κ2) is 81.9. The molecule has 0 amide bonds. The number of carbonyl (C=O) groups excluding carboxylic acids is 2. The van der Waals surface area contributed by atoms with Gasteiger partial charge in [0.2, 0.25) is 0 Å². The van der Waals surface area contributed by atoms with E-state index in [-0.39, 0.29) is 132 Å². The van der Waals surface area contributed by atoms with Crippen LogP contribution in [0, 0.1) is 0 Å². The number of fused-ring (bicyclic) bond motifs is 1. The van der Waals surface area contributed by atoms with E-state index < -0.39 is 5.97 Å². The molecule has 66 heavy (non-hydrogen) atoms. The molecular formula is C47H88Mo2N2O15. The minimum atomic E-state index is -0.440. The van der Waals surface area contributed by atoms with E-state index in [1.54, 1.807) is 88.4 Å². The van der Waals surface area contributed by atoms with Crippen LogP contribution >= 0.6 is 0 Å². The summed E-state index contributed by atoms with van der Waals surface area (Å²) in [5, 5.41) is 86.7. The van der Waals surface area contributed by atoms with Crippen LogP contribution in [-0.2, 0) is 56.5 Å². The van der Waals surface area contributed by atoms with Crippen LogP contribution in [0.1, 0.15) is 89.5 Å². The van der Waals surface area contributed by atoms with E-state index >= 15 is 0 Å². The van der Waals surface area contributed by atoms with Crippen molar-refractivity contribution in [1.29, 1.82) is 0 Å². The number of aliphatic hydroxyl groups is 10. The van der Waals surface area contributed by atoms with Crippen LogP contribution in [0.4, 0.5) is 17.1 Å². The van der Waals surface area contributed by atoms with Crippen LogP contribution in [0.3, 0.4) is 0 Å². The molecule has 0 aliphatic carbocycles. The summed E-state index contributed by atoms with van der Waals surface area (Å²) in [4.78, 5) is 27.1. The number of Topliss-reactive ketones (excluding diaryl/α,β-unsaturated/α-hetero) is 1. The Morgan fingerprint density at radius 1 is 0.500 bits per heavy atom. The molecule has 0 aliphatic heterocycles. The summed E-state index contributed by atoms with van der Waals surface area (Å²) in [5.41, 5.74) is 3.69. The van der Waals surface area contributed by atoms with Gasteiger partial charge in [0, 0.05) is 131 Å². The molecule has 0 fully saturated rings. The smallest absolute Gasteiger partial charge is 0.313 e. The topological polar surface area (TPSA) is 314 Å². The third-order valence-corrected chi connectivity index (χ3v) is 4.69. The van der Waals surface area contributed by atoms with E-state index in [0.717, 1.165) is 22.4 Å². The second-order valence-electron chi connectivity index (χ2n) is 10.4. The number of phenolic OH excluding ortho intramolecular Hbond substituents is 1. The number of aliphatic hydroxyl groups excluding tert-OH is 10. The Morgan fingerprint density at radius 3 is 1.08 bits per heavy atom. The number of benzene rings is 3. The first-order chi connectivity index (χ1) is 30.1. The molecular weight excluding hydrogens is 1020 g/mol. The molecule has 1 aromatic heterocycles. The van der Waals surface area contributed by atoms with E-state index in [9.17, 15) is 14.7 Å². The monoisotopic (exact) mass is 1120 g/mol. The van der Waals surface area contributed by atoms with Gasteiger partial charge in [0.15, 0.2) is 0 Å². The van der Waals surface area contributed by atoms with Gasteiger partial charge in [-0.05, 0) is 132 Å². The number of ketones is 1. The van der Waals surface area contributed by atoms with Crippen LogP contribution in [0.15, 0.2) is 91.1 Å². The molecule has 388 valence electrons. The van der Waals surface area contributed by atoms with Gasteiger partial charge in [0.25, 0.3) is 0 Å². The molecule has 0 unspecified atom stereocenters. The summed E-state index contributed by atoms with van der Waals surface area (Å²) in [6, 6.07) is 27.9. The van der Waals surface area contributed by atoms with Gasteiger partial charge in [0.1, 0.15) is 23.5 Å². The predicted octanol–water partition coefficient (Wildman–Crippen LogP) is 5.10. The number of ether oxygens (including phenoxy) is 1. The molecule has 0 aliphatic rings. The normalized spacial score (nSPS) is 7.79. The van der Waals surface area contributed by atoms with Crippen molar-refractivity contribution in [3.8, 4) is 5.75 Å². The molecule has 4 rings (SSSR count). The molecule has 19 heteroatoms. The summed E-state index contributed by atoms with van der Waals surface area (Å²) in [5.74, 6) is -0.408. The molecule has 0 bridgehead atoms. The Balaban J connectivity index is -0.0000000673. The van der Waals surface area contributed by atoms with Crippen LogP contribution in [0.5, 0.6) is 5.75 Å². The quantitative estimate of drug-likeness (QED) is 0.0680. The van der Waals surface area contributed by atoms with Crippen LogP contribution in [0.2, 0.25) is 0 Å². The fourth-order valence-corrected chi connectivity index (χ4v) is 3.33. The molecule has 13 N–H and O–H groups in total. The zero-order valence-corrected chi connectivity index (χ0v) is 45.5. The van der Waals surface area contributed by atoms with Crippen molar-refractivity contribution in [3.05, 3.63) is 91.1 Å². The Kier molecular flexibility index (Phi) is 111. The second-order valence-corrected chi connectivity index (χ2v) is 10.4. The number of nitrogens with zero attached hydrogens (tertiary/aromatic N) is 2.